The molecule has 2 N–H and O–H groups in total. The lowest BCUT2D eigenvalue weighted by Gasteiger charge is -2.34. The lowest BCUT2D eigenvalue weighted by molar-refractivity contribution is -0.128. The standard InChI is InChI=1S/C16H32N4OS.HI/c1-6-13-11-20(9-10-22-13)15(18-8-3)19-12-16(4,5)14(21)17-7-2;/h13H,6-12H2,1-5H3,(H,17,21)(H,18,19);1H. The average Bonchev–Trinajstić information content (AvgIpc) is 2.51. The number of aliphatic imine (C=N–C) groups is 1. The van der Waals surface area contributed by atoms with Crippen LogP contribution >= 0.6 is 35.7 Å². The van der Waals surface area contributed by atoms with Crippen molar-refractivity contribution in [3.63, 3.8) is 0 Å². The summed E-state index contributed by atoms with van der Waals surface area (Å²) in [6.45, 7) is 14.2. The van der Waals surface area contributed by atoms with E-state index < -0.39 is 5.41 Å². The van der Waals surface area contributed by atoms with Crippen molar-refractivity contribution in [3.8, 4) is 0 Å². The molecule has 1 aliphatic heterocycles. The van der Waals surface area contributed by atoms with E-state index in [0.29, 0.717) is 18.3 Å². The molecule has 0 aromatic carbocycles. The Morgan fingerprint density at radius 2 is 1.91 bits per heavy atom. The maximum Gasteiger partial charge on any atom is 0.227 e. The molecule has 1 rings (SSSR count). The Balaban J connectivity index is 0.00000484. The van der Waals surface area contributed by atoms with Crippen molar-refractivity contribution in [3.05, 3.63) is 0 Å². The second-order valence-corrected chi connectivity index (χ2v) is 7.67. The predicted molar refractivity (Wildman–Crippen MR) is 112 cm³/mol. The van der Waals surface area contributed by atoms with Crippen molar-refractivity contribution in [1.29, 1.82) is 0 Å². The van der Waals surface area contributed by atoms with Gasteiger partial charge >= 0.3 is 0 Å². The highest BCUT2D eigenvalue weighted by molar-refractivity contribution is 14.0. The molecule has 0 aromatic rings. The molecule has 0 spiro atoms. The van der Waals surface area contributed by atoms with Crippen molar-refractivity contribution in [2.75, 3.05) is 38.5 Å². The number of hydrogen-bond donors (Lipinski definition) is 2. The molecule has 0 saturated carbocycles. The number of carbonyl (C=O) groups excluding carboxylic acids is 1. The van der Waals surface area contributed by atoms with Gasteiger partial charge in [0, 0.05) is 37.2 Å². The Labute approximate surface area is 162 Å². The summed E-state index contributed by atoms with van der Waals surface area (Å²) in [4.78, 5) is 19.2. The van der Waals surface area contributed by atoms with Crippen LogP contribution in [0, 0.1) is 5.41 Å². The number of nitrogens with one attached hydrogen (secondary N) is 2. The highest BCUT2D eigenvalue weighted by atomic mass is 127. The summed E-state index contributed by atoms with van der Waals surface area (Å²) in [6, 6.07) is 0. The minimum absolute atomic E-state index is 0. The summed E-state index contributed by atoms with van der Waals surface area (Å²) in [6.07, 6.45) is 1.19. The van der Waals surface area contributed by atoms with Crippen LogP contribution in [0.4, 0.5) is 0 Å². The zero-order chi connectivity index (χ0) is 16.6. The third-order valence-corrected chi connectivity index (χ3v) is 5.18. The smallest absolute Gasteiger partial charge is 0.227 e. The van der Waals surface area contributed by atoms with E-state index in [0.717, 1.165) is 31.3 Å². The van der Waals surface area contributed by atoms with E-state index in [1.54, 1.807) is 0 Å². The van der Waals surface area contributed by atoms with Crippen LogP contribution in [0.25, 0.3) is 0 Å². The van der Waals surface area contributed by atoms with Gasteiger partial charge in [0.2, 0.25) is 5.91 Å². The minimum Gasteiger partial charge on any atom is -0.357 e. The van der Waals surface area contributed by atoms with Gasteiger partial charge < -0.3 is 15.5 Å². The quantitative estimate of drug-likeness (QED) is 0.367. The first-order chi connectivity index (χ1) is 10.4. The van der Waals surface area contributed by atoms with Gasteiger partial charge in [-0.2, -0.15) is 11.8 Å². The molecule has 1 atom stereocenters. The Bertz CT molecular complexity index is 390. The Morgan fingerprint density at radius 1 is 1.26 bits per heavy atom. The van der Waals surface area contributed by atoms with Crippen LogP contribution < -0.4 is 10.6 Å². The van der Waals surface area contributed by atoms with Crippen LogP contribution in [0.2, 0.25) is 0 Å². The topological polar surface area (TPSA) is 56.7 Å². The first kappa shape index (κ1) is 22.8. The van der Waals surface area contributed by atoms with E-state index in [2.05, 4.69) is 29.4 Å². The van der Waals surface area contributed by atoms with E-state index in [1.807, 2.05) is 32.5 Å². The molecule has 1 saturated heterocycles. The lowest BCUT2D eigenvalue weighted by atomic mass is 9.92. The zero-order valence-corrected chi connectivity index (χ0v) is 18.3. The molecule has 7 heteroatoms. The fourth-order valence-corrected chi connectivity index (χ4v) is 3.51. The van der Waals surface area contributed by atoms with Crippen LogP contribution in [-0.4, -0.2) is 60.5 Å². The van der Waals surface area contributed by atoms with Gasteiger partial charge in [-0.05, 0) is 34.1 Å². The van der Waals surface area contributed by atoms with Crippen molar-refractivity contribution in [2.45, 2.75) is 46.3 Å². The lowest BCUT2D eigenvalue weighted by Crippen LogP contribution is -2.48. The number of rotatable bonds is 6. The van der Waals surface area contributed by atoms with Gasteiger partial charge in [0.1, 0.15) is 0 Å². The van der Waals surface area contributed by atoms with Crippen LogP contribution in [0.3, 0.4) is 0 Å². The van der Waals surface area contributed by atoms with Gasteiger partial charge in [-0.15, -0.1) is 24.0 Å². The summed E-state index contributed by atoms with van der Waals surface area (Å²) in [7, 11) is 0. The summed E-state index contributed by atoms with van der Waals surface area (Å²) in [5.41, 5.74) is -0.481. The first-order valence-electron chi connectivity index (χ1n) is 8.37. The van der Waals surface area contributed by atoms with Crippen LogP contribution in [0.15, 0.2) is 4.99 Å². The summed E-state index contributed by atoms with van der Waals surface area (Å²) < 4.78 is 0. The Kier molecular flexibility index (Phi) is 11.3. The highest BCUT2D eigenvalue weighted by Crippen LogP contribution is 2.21. The summed E-state index contributed by atoms with van der Waals surface area (Å²) in [5, 5.41) is 6.94. The third-order valence-electron chi connectivity index (χ3n) is 3.80. The average molecular weight is 456 g/mol. The SMILES string of the molecule is CCNC(=O)C(C)(C)CN=C(NCC)N1CCSC(CC)C1.I. The summed E-state index contributed by atoms with van der Waals surface area (Å²) in [5.74, 6) is 2.15. The van der Waals surface area contributed by atoms with Crippen molar-refractivity contribution < 1.29 is 4.79 Å². The number of amides is 1. The predicted octanol–water partition coefficient (Wildman–Crippen LogP) is 2.56. The minimum atomic E-state index is -0.481. The largest absolute Gasteiger partial charge is 0.357 e. The molecule has 0 radical (unpaired) electrons. The number of thioether (sulfide) groups is 1. The fourth-order valence-electron chi connectivity index (χ4n) is 2.33. The number of nitrogens with zero attached hydrogens (tertiary/aromatic N) is 2. The molecular formula is C16H33IN4OS. The first-order valence-corrected chi connectivity index (χ1v) is 9.42. The van der Waals surface area contributed by atoms with Crippen LogP contribution in [0.5, 0.6) is 0 Å². The van der Waals surface area contributed by atoms with Gasteiger partial charge in [0.05, 0.1) is 12.0 Å². The molecular weight excluding hydrogens is 423 g/mol. The van der Waals surface area contributed by atoms with Gasteiger partial charge in [0.25, 0.3) is 0 Å². The van der Waals surface area contributed by atoms with Crippen molar-refractivity contribution in [2.24, 2.45) is 10.4 Å². The fraction of sp³-hybridized carbons (Fsp3) is 0.875. The zero-order valence-electron chi connectivity index (χ0n) is 15.1. The molecule has 1 aliphatic rings. The normalized spacial score (nSPS) is 19.1. The van der Waals surface area contributed by atoms with E-state index in [4.69, 9.17) is 4.99 Å². The van der Waals surface area contributed by atoms with E-state index in [-0.39, 0.29) is 29.9 Å². The number of guanidine groups is 1. The van der Waals surface area contributed by atoms with E-state index >= 15 is 0 Å². The highest BCUT2D eigenvalue weighted by Gasteiger charge is 2.28. The maximum absolute atomic E-state index is 12.1. The molecule has 5 nitrogen and oxygen atoms in total. The molecule has 0 aliphatic carbocycles. The van der Waals surface area contributed by atoms with Crippen LogP contribution in [0.1, 0.15) is 41.0 Å². The molecule has 0 aromatic heterocycles. The maximum atomic E-state index is 12.1. The Morgan fingerprint density at radius 3 is 2.48 bits per heavy atom. The second-order valence-electron chi connectivity index (χ2n) is 6.26. The molecule has 23 heavy (non-hydrogen) atoms. The molecule has 1 amide bonds. The van der Waals surface area contributed by atoms with Crippen LogP contribution in [-0.2, 0) is 4.79 Å². The van der Waals surface area contributed by atoms with Crippen molar-refractivity contribution in [1.82, 2.24) is 15.5 Å². The second kappa shape index (κ2) is 11.4. The third kappa shape index (κ3) is 7.49. The molecule has 1 heterocycles. The van der Waals surface area contributed by atoms with Gasteiger partial charge in [-0.3, -0.25) is 9.79 Å². The molecule has 1 fully saturated rings. The van der Waals surface area contributed by atoms with Gasteiger partial charge in [-0.1, -0.05) is 6.92 Å². The molecule has 0 bridgehead atoms. The number of carbonyl (C=O) groups is 1. The number of halogens is 1. The molecule has 136 valence electrons. The Hall–Kier alpha value is -0.180. The number of hydrogen-bond acceptors (Lipinski definition) is 3. The van der Waals surface area contributed by atoms with Gasteiger partial charge in [-0.25, -0.2) is 0 Å². The molecule has 1 unspecified atom stereocenters. The summed E-state index contributed by atoms with van der Waals surface area (Å²) >= 11 is 2.05. The van der Waals surface area contributed by atoms with Gasteiger partial charge in [0.15, 0.2) is 5.96 Å². The monoisotopic (exact) mass is 456 g/mol. The van der Waals surface area contributed by atoms with Crippen molar-refractivity contribution >= 4 is 47.6 Å². The van der Waals surface area contributed by atoms with E-state index in [9.17, 15) is 4.79 Å². The van der Waals surface area contributed by atoms with E-state index in [1.165, 1.54) is 6.42 Å².